The second-order valence-electron chi connectivity index (χ2n) is 10.6. The monoisotopic (exact) mass is 509 g/mol. The van der Waals surface area contributed by atoms with Gasteiger partial charge in [-0.3, -0.25) is 9.59 Å². The van der Waals surface area contributed by atoms with Gasteiger partial charge in [0, 0.05) is 12.2 Å². The van der Waals surface area contributed by atoms with Crippen LogP contribution in [0.5, 0.6) is 0 Å². The number of anilines is 1. The van der Waals surface area contributed by atoms with Crippen molar-refractivity contribution in [2.75, 3.05) is 11.9 Å². The highest BCUT2D eigenvalue weighted by Gasteiger charge is 2.35. The minimum absolute atomic E-state index is 0.291. The lowest BCUT2D eigenvalue weighted by molar-refractivity contribution is -0.140. The Kier molecular flexibility index (Phi) is 10.7. The fraction of sp³-hybridized carbons (Fsp3) is 0.500. The Morgan fingerprint density at radius 3 is 2.08 bits per heavy atom. The van der Waals surface area contributed by atoms with Gasteiger partial charge in [-0.25, -0.2) is 4.79 Å². The molecule has 0 saturated carbocycles. The average molecular weight is 510 g/mol. The summed E-state index contributed by atoms with van der Waals surface area (Å²) in [6.45, 7) is 15.2. The van der Waals surface area contributed by atoms with Crippen LogP contribution in [0.25, 0.3) is 0 Å². The molecule has 0 heterocycles. The molecule has 3 amide bonds. The summed E-state index contributed by atoms with van der Waals surface area (Å²) in [4.78, 5) is 41.8. The van der Waals surface area contributed by atoms with E-state index < -0.39 is 23.8 Å². The molecule has 2 rings (SSSR count). The Labute approximate surface area is 222 Å². The highest BCUT2D eigenvalue weighted by Crippen LogP contribution is 2.29. The SMILES string of the molecule is CCCCCN(C(=O)C(C)NC(=O)OC(C)(C)C)C(C(=O)Nc1c(C)cccc1C)c1ccccc1C. The number of para-hydroxylation sites is 1. The predicted molar refractivity (Wildman–Crippen MR) is 149 cm³/mol. The number of nitrogens with zero attached hydrogens (tertiary/aromatic N) is 1. The van der Waals surface area contributed by atoms with Crippen molar-refractivity contribution in [2.45, 2.75) is 92.3 Å². The summed E-state index contributed by atoms with van der Waals surface area (Å²) in [5, 5.41) is 5.75. The number of benzene rings is 2. The number of rotatable bonds is 10. The zero-order chi connectivity index (χ0) is 27.8. The van der Waals surface area contributed by atoms with E-state index in [9.17, 15) is 14.4 Å². The molecule has 2 unspecified atom stereocenters. The van der Waals surface area contributed by atoms with Gasteiger partial charge < -0.3 is 20.3 Å². The van der Waals surface area contributed by atoms with E-state index in [1.54, 1.807) is 32.6 Å². The minimum atomic E-state index is -0.879. The molecule has 0 aromatic heterocycles. The quantitative estimate of drug-likeness (QED) is 0.372. The van der Waals surface area contributed by atoms with Gasteiger partial charge >= 0.3 is 6.09 Å². The van der Waals surface area contributed by atoms with E-state index >= 15 is 0 Å². The molecule has 7 heteroatoms. The van der Waals surface area contributed by atoms with Gasteiger partial charge in [-0.1, -0.05) is 62.2 Å². The Balaban J connectivity index is 2.48. The smallest absolute Gasteiger partial charge is 0.408 e. The Morgan fingerprint density at radius 2 is 1.51 bits per heavy atom. The molecule has 0 radical (unpaired) electrons. The minimum Gasteiger partial charge on any atom is -0.444 e. The zero-order valence-electron chi connectivity index (χ0n) is 23.6. The van der Waals surface area contributed by atoms with Gasteiger partial charge in [-0.15, -0.1) is 0 Å². The molecule has 202 valence electrons. The lowest BCUT2D eigenvalue weighted by atomic mass is 9.97. The fourth-order valence-corrected chi connectivity index (χ4v) is 4.24. The summed E-state index contributed by atoms with van der Waals surface area (Å²) in [5.74, 6) is -0.632. The molecule has 0 aliphatic heterocycles. The van der Waals surface area contributed by atoms with Gasteiger partial charge in [0.25, 0.3) is 5.91 Å². The van der Waals surface area contributed by atoms with E-state index in [-0.39, 0.29) is 11.8 Å². The van der Waals surface area contributed by atoms with Crippen molar-refractivity contribution in [3.63, 3.8) is 0 Å². The van der Waals surface area contributed by atoms with E-state index in [0.29, 0.717) is 6.54 Å². The van der Waals surface area contributed by atoms with Crippen molar-refractivity contribution in [3.8, 4) is 0 Å². The molecule has 0 fully saturated rings. The molecule has 7 nitrogen and oxygen atoms in total. The normalized spacial score (nSPS) is 12.9. The molecule has 0 aliphatic carbocycles. The summed E-state index contributed by atoms with van der Waals surface area (Å²) in [6.07, 6.45) is 1.95. The van der Waals surface area contributed by atoms with Crippen molar-refractivity contribution in [2.24, 2.45) is 0 Å². The molecular formula is C30H43N3O4. The Bertz CT molecular complexity index is 1070. The number of ether oxygens (including phenoxy) is 1. The number of unbranched alkanes of at least 4 members (excludes halogenated alkanes) is 2. The number of carbonyl (C=O) groups excluding carboxylic acids is 3. The highest BCUT2D eigenvalue weighted by molar-refractivity contribution is 6.00. The summed E-state index contributed by atoms with van der Waals surface area (Å²) >= 11 is 0. The van der Waals surface area contributed by atoms with Crippen LogP contribution in [-0.2, 0) is 14.3 Å². The van der Waals surface area contributed by atoms with Crippen LogP contribution in [-0.4, -0.2) is 41.0 Å². The van der Waals surface area contributed by atoms with Crippen LogP contribution in [0.3, 0.4) is 0 Å². The maximum Gasteiger partial charge on any atom is 0.408 e. The maximum absolute atomic E-state index is 14.0. The number of carbonyl (C=O) groups is 3. The number of alkyl carbamates (subject to hydrolysis) is 1. The molecular weight excluding hydrogens is 466 g/mol. The van der Waals surface area contributed by atoms with Crippen LogP contribution in [0.4, 0.5) is 10.5 Å². The number of aryl methyl sites for hydroxylation is 3. The van der Waals surface area contributed by atoms with Crippen molar-refractivity contribution in [3.05, 3.63) is 64.7 Å². The third-order valence-corrected chi connectivity index (χ3v) is 6.16. The molecule has 2 aromatic carbocycles. The van der Waals surface area contributed by atoms with E-state index in [1.165, 1.54) is 0 Å². The van der Waals surface area contributed by atoms with Crippen LogP contribution in [0, 0.1) is 20.8 Å². The summed E-state index contributed by atoms with van der Waals surface area (Å²) in [6, 6.07) is 11.7. The van der Waals surface area contributed by atoms with Gasteiger partial charge in [0.05, 0.1) is 0 Å². The average Bonchev–Trinajstić information content (AvgIpc) is 2.80. The summed E-state index contributed by atoms with van der Waals surface area (Å²) in [5.41, 5.74) is 3.60. The number of hydrogen-bond donors (Lipinski definition) is 2. The first-order valence-corrected chi connectivity index (χ1v) is 13.1. The molecule has 2 atom stereocenters. The molecule has 37 heavy (non-hydrogen) atoms. The molecule has 2 aromatic rings. The Hall–Kier alpha value is -3.35. The Morgan fingerprint density at radius 1 is 0.919 bits per heavy atom. The number of amides is 3. The van der Waals surface area contributed by atoms with Crippen LogP contribution >= 0.6 is 0 Å². The van der Waals surface area contributed by atoms with Crippen molar-refractivity contribution in [1.82, 2.24) is 10.2 Å². The number of nitrogens with one attached hydrogen (secondary N) is 2. The third kappa shape index (κ3) is 8.62. The van der Waals surface area contributed by atoms with E-state index in [2.05, 4.69) is 17.6 Å². The first kappa shape index (κ1) is 29.9. The molecule has 2 N–H and O–H groups in total. The molecule has 0 bridgehead atoms. The van der Waals surface area contributed by atoms with Crippen LogP contribution in [0.15, 0.2) is 42.5 Å². The van der Waals surface area contributed by atoms with Crippen molar-refractivity contribution < 1.29 is 19.1 Å². The van der Waals surface area contributed by atoms with Gasteiger partial charge in [0.2, 0.25) is 5.91 Å². The predicted octanol–water partition coefficient (Wildman–Crippen LogP) is 6.22. The van der Waals surface area contributed by atoms with Gasteiger partial charge in [-0.2, -0.15) is 0 Å². The maximum atomic E-state index is 14.0. The largest absolute Gasteiger partial charge is 0.444 e. The lowest BCUT2D eigenvalue weighted by Crippen LogP contribution is -2.51. The topological polar surface area (TPSA) is 87.7 Å². The summed E-state index contributed by atoms with van der Waals surface area (Å²) in [7, 11) is 0. The van der Waals surface area contributed by atoms with Crippen LogP contribution < -0.4 is 10.6 Å². The molecule has 0 saturated heterocycles. The molecule has 0 aliphatic rings. The van der Waals surface area contributed by atoms with E-state index in [4.69, 9.17) is 4.74 Å². The van der Waals surface area contributed by atoms with Gasteiger partial charge in [0.1, 0.15) is 17.7 Å². The van der Waals surface area contributed by atoms with Crippen molar-refractivity contribution in [1.29, 1.82) is 0 Å². The van der Waals surface area contributed by atoms with Crippen LogP contribution in [0.1, 0.15) is 82.2 Å². The summed E-state index contributed by atoms with van der Waals surface area (Å²) < 4.78 is 5.35. The van der Waals surface area contributed by atoms with Gasteiger partial charge in [-0.05, 0) is 77.1 Å². The second-order valence-corrected chi connectivity index (χ2v) is 10.6. The van der Waals surface area contributed by atoms with Gasteiger partial charge in [0.15, 0.2) is 0 Å². The van der Waals surface area contributed by atoms with E-state index in [0.717, 1.165) is 47.2 Å². The highest BCUT2D eigenvalue weighted by atomic mass is 16.6. The molecule has 0 spiro atoms. The third-order valence-electron chi connectivity index (χ3n) is 6.16. The van der Waals surface area contributed by atoms with Crippen LogP contribution in [0.2, 0.25) is 0 Å². The first-order chi connectivity index (χ1) is 17.4. The zero-order valence-corrected chi connectivity index (χ0v) is 23.6. The van der Waals surface area contributed by atoms with E-state index in [1.807, 2.05) is 63.2 Å². The second kappa shape index (κ2) is 13.3. The standard InChI is InChI=1S/C30H43N3O4/c1-9-10-13-19-33(28(35)23(5)31-29(36)37-30(6,7)8)26(24-18-12-11-15-20(24)2)27(34)32-25-21(3)16-14-17-22(25)4/h11-12,14-18,23,26H,9-10,13,19H2,1-8H3,(H,31,36)(H,32,34). The van der Waals surface area contributed by atoms with Crippen molar-refractivity contribution >= 4 is 23.6 Å². The first-order valence-electron chi connectivity index (χ1n) is 13.1. The number of hydrogen-bond acceptors (Lipinski definition) is 4. The lowest BCUT2D eigenvalue weighted by Gasteiger charge is -2.34. The fourth-order valence-electron chi connectivity index (χ4n) is 4.24.